The lowest BCUT2D eigenvalue weighted by molar-refractivity contribution is -0.202. The molecule has 0 spiro atoms. The van der Waals surface area contributed by atoms with Crippen LogP contribution >= 0.6 is 0 Å². The third-order valence-corrected chi connectivity index (χ3v) is 6.85. The molecule has 11 atom stereocenters. The number of ether oxygens (including phenoxy) is 1. The summed E-state index contributed by atoms with van der Waals surface area (Å²) >= 11 is 0. The molecule has 8 N–H and O–H groups in total. The minimum Gasteiger partial charge on any atom is -0.394 e. The van der Waals surface area contributed by atoms with Gasteiger partial charge in [-0.3, -0.25) is 0 Å². The molecule has 0 amide bonds. The van der Waals surface area contributed by atoms with E-state index in [1.165, 1.54) is 0 Å². The molecule has 1 rings (SSSR count). The van der Waals surface area contributed by atoms with E-state index in [0.29, 0.717) is 32.1 Å². The average Bonchev–Trinajstić information content (AvgIpc) is 2.75. The molecular weight excluding hydrogens is 456 g/mol. The lowest BCUT2D eigenvalue weighted by Gasteiger charge is -2.40. The van der Waals surface area contributed by atoms with Crippen molar-refractivity contribution in [3.05, 3.63) is 11.6 Å². The summed E-state index contributed by atoms with van der Waals surface area (Å²) in [5.74, 6) is 0.198. The predicted molar refractivity (Wildman–Crippen MR) is 132 cm³/mol. The van der Waals surface area contributed by atoms with Crippen LogP contribution in [0.1, 0.15) is 79.1 Å². The summed E-state index contributed by atoms with van der Waals surface area (Å²) < 4.78 is 5.82. The molecule has 0 saturated carbocycles. The van der Waals surface area contributed by atoms with Crippen molar-refractivity contribution in [2.24, 2.45) is 11.8 Å². The van der Waals surface area contributed by atoms with Crippen molar-refractivity contribution in [1.82, 2.24) is 0 Å². The zero-order valence-corrected chi connectivity index (χ0v) is 21.8. The van der Waals surface area contributed by atoms with E-state index in [1.54, 1.807) is 0 Å². The predicted octanol–water partition coefficient (Wildman–Crippen LogP) is 0.632. The molecule has 0 bridgehead atoms. The molecule has 1 aliphatic rings. The minimum atomic E-state index is -1.23. The van der Waals surface area contributed by atoms with E-state index in [-0.39, 0.29) is 37.2 Å². The first-order chi connectivity index (χ1) is 16.4. The van der Waals surface area contributed by atoms with E-state index < -0.39 is 55.4 Å². The van der Waals surface area contributed by atoms with Gasteiger partial charge in [0.05, 0.1) is 55.4 Å². The van der Waals surface area contributed by atoms with Gasteiger partial charge in [0.15, 0.2) is 0 Å². The van der Waals surface area contributed by atoms with E-state index in [2.05, 4.69) is 6.08 Å². The van der Waals surface area contributed by atoms with Gasteiger partial charge in [-0.15, -0.1) is 0 Å². The lowest BCUT2D eigenvalue weighted by atomic mass is 9.87. The Morgan fingerprint density at radius 1 is 0.914 bits per heavy atom. The number of aliphatic hydroxyl groups is 8. The molecule has 1 heterocycles. The van der Waals surface area contributed by atoms with Crippen LogP contribution < -0.4 is 0 Å². The van der Waals surface area contributed by atoms with Crippen molar-refractivity contribution < 1.29 is 45.6 Å². The summed E-state index contributed by atoms with van der Waals surface area (Å²) in [6, 6.07) is 0. The Kier molecular flexibility index (Phi) is 15.1. The molecule has 1 aliphatic heterocycles. The molecular formula is C26H50O9. The fourth-order valence-corrected chi connectivity index (χ4v) is 4.98. The molecule has 9 nitrogen and oxygen atoms in total. The second-order valence-corrected chi connectivity index (χ2v) is 10.8. The van der Waals surface area contributed by atoms with Gasteiger partial charge in [-0.05, 0) is 50.9 Å². The van der Waals surface area contributed by atoms with Gasteiger partial charge in [0.2, 0.25) is 0 Å². The minimum absolute atomic E-state index is 0.0246. The van der Waals surface area contributed by atoms with Crippen LogP contribution in [0.4, 0.5) is 0 Å². The van der Waals surface area contributed by atoms with E-state index in [9.17, 15) is 35.7 Å². The summed E-state index contributed by atoms with van der Waals surface area (Å²) in [5, 5.41) is 80.1. The molecule has 0 aromatic rings. The van der Waals surface area contributed by atoms with Crippen molar-refractivity contribution in [3.8, 4) is 0 Å². The number of rotatable bonds is 16. The first kappa shape index (κ1) is 32.4. The number of aliphatic hydroxyl groups excluding tert-OH is 8. The fraction of sp³-hybridized carbons (Fsp3) is 0.923. The molecule has 35 heavy (non-hydrogen) atoms. The van der Waals surface area contributed by atoms with Crippen LogP contribution in [0.3, 0.4) is 0 Å². The standard InChI is InChI=1S/C26H50O9/c1-5-18(28)7-15(2)6-16(3)8-19(29)9-17(4)10-22(32)24-13-23(33)26(34)25(35-24)12-20(30)11-21(31)14-27/h6,15,17-34H,5,7-14H2,1-4H3/b16-6+. The van der Waals surface area contributed by atoms with Crippen LogP contribution in [0, 0.1) is 11.8 Å². The van der Waals surface area contributed by atoms with Gasteiger partial charge in [0, 0.05) is 19.3 Å². The third-order valence-electron chi connectivity index (χ3n) is 6.85. The monoisotopic (exact) mass is 506 g/mol. The third kappa shape index (κ3) is 12.5. The maximum absolute atomic E-state index is 10.7. The number of allylic oxidation sites excluding steroid dienone is 1. The zero-order valence-electron chi connectivity index (χ0n) is 21.8. The smallest absolute Gasteiger partial charge is 0.106 e. The molecule has 0 aromatic heterocycles. The van der Waals surface area contributed by atoms with Crippen LogP contribution in [-0.4, -0.2) is 102 Å². The van der Waals surface area contributed by atoms with Crippen molar-refractivity contribution in [2.45, 2.75) is 134 Å². The van der Waals surface area contributed by atoms with E-state index >= 15 is 0 Å². The Morgan fingerprint density at radius 2 is 1.57 bits per heavy atom. The molecule has 208 valence electrons. The Hall–Kier alpha value is -0.620. The molecule has 1 saturated heterocycles. The second-order valence-electron chi connectivity index (χ2n) is 10.8. The summed E-state index contributed by atoms with van der Waals surface area (Å²) in [6.45, 7) is 7.40. The highest BCUT2D eigenvalue weighted by molar-refractivity contribution is 5.02. The van der Waals surface area contributed by atoms with Crippen molar-refractivity contribution >= 4 is 0 Å². The molecule has 0 radical (unpaired) electrons. The highest BCUT2D eigenvalue weighted by Crippen LogP contribution is 2.29. The van der Waals surface area contributed by atoms with E-state index in [4.69, 9.17) is 9.84 Å². The van der Waals surface area contributed by atoms with E-state index in [1.807, 2.05) is 27.7 Å². The van der Waals surface area contributed by atoms with Crippen molar-refractivity contribution in [2.75, 3.05) is 6.61 Å². The Morgan fingerprint density at radius 3 is 2.17 bits per heavy atom. The lowest BCUT2D eigenvalue weighted by Crippen LogP contribution is -2.52. The summed E-state index contributed by atoms with van der Waals surface area (Å²) in [5.41, 5.74) is 1.06. The van der Waals surface area contributed by atoms with Crippen LogP contribution in [-0.2, 0) is 4.74 Å². The maximum Gasteiger partial charge on any atom is 0.106 e. The average molecular weight is 507 g/mol. The number of hydrogen-bond acceptors (Lipinski definition) is 9. The normalized spacial score (nSPS) is 29.8. The first-order valence-electron chi connectivity index (χ1n) is 13.1. The zero-order chi connectivity index (χ0) is 26.7. The Labute approximate surface area is 210 Å². The SMILES string of the molecule is CCC(O)CC(C)/C=C(\C)CC(O)CC(C)CC(O)C1CC(O)C(O)C(CC(O)CC(O)CO)O1. The molecule has 1 fully saturated rings. The first-order valence-corrected chi connectivity index (χ1v) is 13.1. The van der Waals surface area contributed by atoms with Gasteiger partial charge in [0.1, 0.15) is 6.10 Å². The molecule has 9 heteroatoms. The molecule has 11 unspecified atom stereocenters. The summed E-state index contributed by atoms with van der Waals surface area (Å²) in [6.07, 6.45) is -3.22. The van der Waals surface area contributed by atoms with Crippen LogP contribution in [0.15, 0.2) is 11.6 Å². The van der Waals surface area contributed by atoms with Crippen LogP contribution in [0.2, 0.25) is 0 Å². The summed E-state index contributed by atoms with van der Waals surface area (Å²) in [7, 11) is 0. The topological polar surface area (TPSA) is 171 Å². The Bertz CT molecular complexity index is 601. The maximum atomic E-state index is 10.7. The largest absolute Gasteiger partial charge is 0.394 e. The molecule has 0 aromatic carbocycles. The van der Waals surface area contributed by atoms with Gasteiger partial charge in [-0.2, -0.15) is 0 Å². The van der Waals surface area contributed by atoms with Gasteiger partial charge in [0.25, 0.3) is 0 Å². The van der Waals surface area contributed by atoms with Crippen LogP contribution in [0.5, 0.6) is 0 Å². The van der Waals surface area contributed by atoms with Crippen molar-refractivity contribution in [3.63, 3.8) is 0 Å². The fourth-order valence-electron chi connectivity index (χ4n) is 4.98. The van der Waals surface area contributed by atoms with Gasteiger partial charge in [-0.1, -0.05) is 32.4 Å². The quantitative estimate of drug-likeness (QED) is 0.140. The van der Waals surface area contributed by atoms with Gasteiger partial charge >= 0.3 is 0 Å². The van der Waals surface area contributed by atoms with Crippen molar-refractivity contribution in [1.29, 1.82) is 0 Å². The van der Waals surface area contributed by atoms with Gasteiger partial charge < -0.3 is 45.6 Å². The van der Waals surface area contributed by atoms with Gasteiger partial charge in [-0.25, -0.2) is 0 Å². The Balaban J connectivity index is 2.56. The highest BCUT2D eigenvalue weighted by atomic mass is 16.5. The van der Waals surface area contributed by atoms with Crippen LogP contribution in [0.25, 0.3) is 0 Å². The highest BCUT2D eigenvalue weighted by Gasteiger charge is 2.40. The second kappa shape index (κ2) is 16.3. The van der Waals surface area contributed by atoms with E-state index in [0.717, 1.165) is 5.57 Å². The summed E-state index contributed by atoms with van der Waals surface area (Å²) in [4.78, 5) is 0. The number of hydrogen-bond donors (Lipinski definition) is 8. The molecule has 0 aliphatic carbocycles.